The number of benzene rings is 1. The van der Waals surface area contributed by atoms with Gasteiger partial charge in [0.2, 0.25) is 5.78 Å². The fraction of sp³-hybridized carbons (Fsp3) is 0.188. The van der Waals surface area contributed by atoms with E-state index in [0.717, 1.165) is 11.3 Å². The Kier molecular flexibility index (Phi) is 5.06. The number of methoxy groups -OCH3 is 1. The van der Waals surface area contributed by atoms with Gasteiger partial charge in [-0.3, -0.25) is 9.59 Å². The van der Waals surface area contributed by atoms with Crippen LogP contribution in [0, 0.1) is 0 Å². The lowest BCUT2D eigenvalue weighted by Crippen LogP contribution is -2.14. The van der Waals surface area contributed by atoms with Gasteiger partial charge in [-0.1, -0.05) is 12.1 Å². The first-order valence-corrected chi connectivity index (χ1v) is 7.28. The van der Waals surface area contributed by atoms with Crippen LogP contribution in [0.4, 0.5) is 0 Å². The lowest BCUT2D eigenvalue weighted by Gasteiger charge is -2.07. The number of para-hydroxylation sites is 1. The highest BCUT2D eigenvalue weighted by Crippen LogP contribution is 2.20. The van der Waals surface area contributed by atoms with Crippen LogP contribution < -0.4 is 4.74 Å². The molecule has 0 aliphatic heterocycles. The largest absolute Gasteiger partial charge is 0.496 e. The molecule has 6 heteroatoms. The van der Waals surface area contributed by atoms with Crippen molar-refractivity contribution < 1.29 is 23.9 Å². The van der Waals surface area contributed by atoms with Gasteiger partial charge < -0.3 is 9.47 Å². The van der Waals surface area contributed by atoms with Gasteiger partial charge in [0.05, 0.1) is 17.6 Å². The highest BCUT2D eigenvalue weighted by Gasteiger charge is 2.17. The van der Waals surface area contributed by atoms with Gasteiger partial charge in [0, 0.05) is 0 Å². The molecule has 0 saturated heterocycles. The van der Waals surface area contributed by atoms with E-state index in [9.17, 15) is 14.4 Å². The molecular weight excluding hydrogens is 304 g/mol. The van der Waals surface area contributed by atoms with Gasteiger partial charge in [-0.05, 0) is 31.2 Å². The first-order chi connectivity index (χ1) is 10.5. The van der Waals surface area contributed by atoms with E-state index in [0.29, 0.717) is 16.2 Å². The molecule has 0 saturated carbocycles. The monoisotopic (exact) mass is 318 g/mol. The Hall–Kier alpha value is -2.47. The highest BCUT2D eigenvalue weighted by molar-refractivity contribution is 7.15. The van der Waals surface area contributed by atoms with Crippen LogP contribution in [0.2, 0.25) is 0 Å². The maximum absolute atomic E-state index is 12.1. The van der Waals surface area contributed by atoms with Crippen LogP contribution in [0.1, 0.15) is 36.6 Å². The number of esters is 1. The van der Waals surface area contributed by atoms with Crippen LogP contribution in [0.5, 0.6) is 5.75 Å². The third-order valence-corrected chi connectivity index (χ3v) is 4.06. The molecule has 2 aromatic rings. The molecule has 1 heterocycles. The Morgan fingerprint density at radius 3 is 2.36 bits per heavy atom. The molecule has 0 radical (unpaired) electrons. The Bertz CT molecular complexity index is 717. The van der Waals surface area contributed by atoms with Crippen molar-refractivity contribution in [2.45, 2.75) is 6.92 Å². The lowest BCUT2D eigenvalue weighted by molar-refractivity contribution is 0.0479. The van der Waals surface area contributed by atoms with Gasteiger partial charge >= 0.3 is 5.97 Å². The molecule has 0 aliphatic rings. The van der Waals surface area contributed by atoms with Crippen molar-refractivity contribution in [1.82, 2.24) is 0 Å². The van der Waals surface area contributed by atoms with Crippen LogP contribution >= 0.6 is 11.3 Å². The van der Waals surface area contributed by atoms with Crippen molar-refractivity contribution >= 4 is 28.9 Å². The fourth-order valence-corrected chi connectivity index (χ4v) is 2.59. The molecule has 1 aromatic carbocycles. The van der Waals surface area contributed by atoms with Crippen LogP contribution in [0.25, 0.3) is 0 Å². The molecule has 2 rings (SSSR count). The smallest absolute Gasteiger partial charge is 0.348 e. The molecule has 0 amide bonds. The van der Waals surface area contributed by atoms with E-state index in [1.807, 2.05) is 0 Å². The summed E-state index contributed by atoms with van der Waals surface area (Å²) in [4.78, 5) is 35.9. The first kappa shape index (κ1) is 15.9. The normalized spacial score (nSPS) is 10.1. The van der Waals surface area contributed by atoms with Crippen molar-refractivity contribution in [2.24, 2.45) is 0 Å². The molecule has 5 nitrogen and oxygen atoms in total. The third kappa shape index (κ3) is 3.59. The zero-order valence-corrected chi connectivity index (χ0v) is 12.9. The second-order valence-corrected chi connectivity index (χ2v) is 5.50. The van der Waals surface area contributed by atoms with E-state index in [4.69, 9.17) is 9.47 Å². The van der Waals surface area contributed by atoms with Gasteiger partial charge in [0.1, 0.15) is 10.6 Å². The number of rotatable bonds is 6. The van der Waals surface area contributed by atoms with Crippen molar-refractivity contribution in [3.8, 4) is 5.75 Å². The van der Waals surface area contributed by atoms with E-state index < -0.39 is 5.97 Å². The summed E-state index contributed by atoms with van der Waals surface area (Å²) in [6.07, 6.45) is 0. The summed E-state index contributed by atoms with van der Waals surface area (Å²) >= 11 is 1.04. The van der Waals surface area contributed by atoms with Crippen molar-refractivity contribution in [2.75, 3.05) is 13.7 Å². The average Bonchev–Trinajstić information content (AvgIpc) is 3.02. The van der Waals surface area contributed by atoms with E-state index in [2.05, 4.69) is 0 Å². The third-order valence-electron chi connectivity index (χ3n) is 2.90. The minimum Gasteiger partial charge on any atom is -0.496 e. The van der Waals surface area contributed by atoms with E-state index in [-0.39, 0.29) is 23.1 Å². The number of hydrogen-bond acceptors (Lipinski definition) is 6. The second-order valence-electron chi connectivity index (χ2n) is 4.42. The molecule has 0 N–H and O–H groups in total. The molecular formula is C16H14O5S. The van der Waals surface area contributed by atoms with E-state index >= 15 is 0 Å². The number of ether oxygens (including phenoxy) is 2. The maximum Gasteiger partial charge on any atom is 0.348 e. The Balaban J connectivity index is 2.01. The summed E-state index contributed by atoms with van der Waals surface area (Å²) in [7, 11) is 1.47. The van der Waals surface area contributed by atoms with Crippen molar-refractivity contribution in [3.05, 3.63) is 51.7 Å². The summed E-state index contributed by atoms with van der Waals surface area (Å²) in [6.45, 7) is 1.04. The lowest BCUT2D eigenvalue weighted by atomic mass is 10.1. The number of thiophene rings is 1. The summed E-state index contributed by atoms with van der Waals surface area (Å²) < 4.78 is 10.1. The molecule has 1 aromatic heterocycles. The average molecular weight is 318 g/mol. The molecule has 22 heavy (non-hydrogen) atoms. The SMILES string of the molecule is COc1ccccc1C(=O)COC(=O)c1ccc(C(C)=O)s1. The van der Waals surface area contributed by atoms with E-state index in [1.54, 1.807) is 30.3 Å². The predicted molar refractivity (Wildman–Crippen MR) is 81.9 cm³/mol. The quantitative estimate of drug-likeness (QED) is 0.605. The summed E-state index contributed by atoms with van der Waals surface area (Å²) in [6, 6.07) is 9.79. The maximum atomic E-state index is 12.1. The number of ketones is 2. The Morgan fingerprint density at radius 1 is 1.05 bits per heavy atom. The van der Waals surface area contributed by atoms with Crippen LogP contribution in [-0.4, -0.2) is 31.3 Å². The zero-order chi connectivity index (χ0) is 16.1. The Labute approximate surface area is 131 Å². The molecule has 0 bridgehead atoms. The molecule has 0 atom stereocenters. The minimum absolute atomic E-state index is 0.117. The molecule has 114 valence electrons. The molecule has 0 spiro atoms. The number of Topliss-reactive ketones (excluding diaryl/α,β-unsaturated/α-hetero) is 2. The van der Waals surface area contributed by atoms with Crippen LogP contribution in [0.15, 0.2) is 36.4 Å². The van der Waals surface area contributed by atoms with E-state index in [1.165, 1.54) is 20.1 Å². The topological polar surface area (TPSA) is 69.7 Å². The summed E-state index contributed by atoms with van der Waals surface area (Å²) in [5, 5.41) is 0. The molecule has 0 aliphatic carbocycles. The first-order valence-electron chi connectivity index (χ1n) is 6.47. The van der Waals surface area contributed by atoms with Gasteiger partial charge in [0.15, 0.2) is 12.4 Å². The minimum atomic E-state index is -0.624. The highest BCUT2D eigenvalue weighted by atomic mass is 32.1. The summed E-state index contributed by atoms with van der Waals surface area (Å²) in [5.74, 6) is -0.664. The van der Waals surface area contributed by atoms with Crippen LogP contribution in [-0.2, 0) is 4.74 Å². The number of carbonyl (C=O) groups is 3. The van der Waals surface area contributed by atoms with Gasteiger partial charge in [0.25, 0.3) is 0 Å². The molecule has 0 unspecified atom stereocenters. The zero-order valence-electron chi connectivity index (χ0n) is 12.1. The standard InChI is InChI=1S/C16H14O5S/c1-10(17)14-7-8-15(22-14)16(19)21-9-12(18)11-5-3-4-6-13(11)20-2/h3-8H,9H2,1-2H3. The van der Waals surface area contributed by atoms with Gasteiger partial charge in [-0.2, -0.15) is 0 Å². The number of hydrogen-bond donors (Lipinski definition) is 0. The summed E-state index contributed by atoms with van der Waals surface area (Å²) in [5.41, 5.74) is 0.355. The van der Waals surface area contributed by atoms with Gasteiger partial charge in [-0.25, -0.2) is 4.79 Å². The van der Waals surface area contributed by atoms with Crippen LogP contribution in [0.3, 0.4) is 0 Å². The van der Waals surface area contributed by atoms with Crippen molar-refractivity contribution in [1.29, 1.82) is 0 Å². The van der Waals surface area contributed by atoms with Crippen molar-refractivity contribution in [3.63, 3.8) is 0 Å². The number of carbonyl (C=O) groups excluding carboxylic acids is 3. The van der Waals surface area contributed by atoms with Gasteiger partial charge in [-0.15, -0.1) is 11.3 Å². The molecule has 0 fully saturated rings. The second kappa shape index (κ2) is 7.00. The predicted octanol–water partition coefficient (Wildman–Crippen LogP) is 3.00. The Morgan fingerprint density at radius 2 is 1.73 bits per heavy atom. The fourth-order valence-electron chi connectivity index (χ4n) is 1.79.